The van der Waals surface area contributed by atoms with Crippen LogP contribution < -0.4 is 0 Å². The molecule has 1 fully saturated rings. The number of rotatable bonds is 3. The molecule has 0 nitrogen and oxygen atoms in total. The molecular weight excluding hydrogens is 156 g/mol. The lowest BCUT2D eigenvalue weighted by Gasteiger charge is -2.09. The minimum Gasteiger partial charge on any atom is -0.0625 e. The second kappa shape index (κ2) is 3.53. The Bertz CT molecular complexity index is 282. The molecule has 0 heterocycles. The van der Waals surface area contributed by atoms with Gasteiger partial charge in [-0.15, -0.1) is 0 Å². The Morgan fingerprint density at radius 1 is 1.46 bits per heavy atom. The van der Waals surface area contributed by atoms with E-state index in [1.807, 2.05) is 6.07 Å². The van der Waals surface area contributed by atoms with Crippen LogP contribution in [0.2, 0.25) is 0 Å². The highest BCUT2D eigenvalue weighted by atomic mass is 14.3. The van der Waals surface area contributed by atoms with Crippen molar-refractivity contribution in [1.82, 2.24) is 0 Å². The molecule has 13 heavy (non-hydrogen) atoms. The summed E-state index contributed by atoms with van der Waals surface area (Å²) in [6, 6.07) is 9.84. The largest absolute Gasteiger partial charge is 0.0625 e. The maximum Gasteiger partial charge on any atom is -0.0146 e. The average Bonchev–Trinajstić information content (AvgIpc) is 2.87. The molecule has 1 aromatic rings. The van der Waals surface area contributed by atoms with Crippen molar-refractivity contribution >= 4 is 0 Å². The van der Waals surface area contributed by atoms with Crippen LogP contribution >= 0.6 is 0 Å². The first kappa shape index (κ1) is 8.80. The van der Waals surface area contributed by atoms with Crippen molar-refractivity contribution in [3.8, 4) is 0 Å². The quantitative estimate of drug-likeness (QED) is 0.655. The molecule has 1 radical (unpaired) electrons. The monoisotopic (exact) mass is 173 g/mol. The highest BCUT2D eigenvalue weighted by molar-refractivity contribution is 5.32. The standard InChI is InChI=1S/C13H17/c1-10(2)9-12-5-3-4-6-13(12)11-7-8-11/h3-4,6,10-11H,7-9H2,1-2H3. The molecule has 0 atom stereocenters. The second-order valence-electron chi connectivity index (χ2n) is 4.48. The van der Waals surface area contributed by atoms with Gasteiger partial charge in [0.05, 0.1) is 0 Å². The summed E-state index contributed by atoms with van der Waals surface area (Å²) in [6.07, 6.45) is 3.97. The molecule has 0 bridgehead atoms. The van der Waals surface area contributed by atoms with Crippen molar-refractivity contribution in [2.75, 3.05) is 0 Å². The van der Waals surface area contributed by atoms with Gasteiger partial charge in [-0.2, -0.15) is 0 Å². The lowest BCUT2D eigenvalue weighted by Crippen LogP contribution is -1.98. The third kappa shape index (κ3) is 2.12. The van der Waals surface area contributed by atoms with E-state index in [1.165, 1.54) is 24.8 Å². The van der Waals surface area contributed by atoms with E-state index in [0.29, 0.717) is 0 Å². The Labute approximate surface area is 81.0 Å². The van der Waals surface area contributed by atoms with Crippen molar-refractivity contribution in [2.45, 2.75) is 39.0 Å². The maximum atomic E-state index is 3.39. The van der Waals surface area contributed by atoms with Gasteiger partial charge >= 0.3 is 0 Å². The fraction of sp³-hybridized carbons (Fsp3) is 0.538. The molecule has 2 rings (SSSR count). The fourth-order valence-corrected chi connectivity index (χ4v) is 1.85. The molecule has 0 spiro atoms. The van der Waals surface area contributed by atoms with E-state index in [0.717, 1.165) is 11.8 Å². The molecule has 0 heteroatoms. The van der Waals surface area contributed by atoms with Crippen LogP contribution in [0.4, 0.5) is 0 Å². The Hall–Kier alpha value is -0.780. The number of benzene rings is 1. The van der Waals surface area contributed by atoms with Gasteiger partial charge in [-0.25, -0.2) is 0 Å². The predicted octanol–water partition coefficient (Wildman–Crippen LogP) is 3.56. The van der Waals surface area contributed by atoms with Crippen LogP contribution in [0.5, 0.6) is 0 Å². The molecular formula is C13H17. The minimum atomic E-state index is 0.746. The fourth-order valence-electron chi connectivity index (χ4n) is 1.85. The molecule has 0 saturated heterocycles. The Morgan fingerprint density at radius 3 is 2.85 bits per heavy atom. The van der Waals surface area contributed by atoms with E-state index in [4.69, 9.17) is 0 Å². The molecule has 1 aliphatic rings. The van der Waals surface area contributed by atoms with Crippen LogP contribution in [0.1, 0.15) is 43.7 Å². The predicted molar refractivity (Wildman–Crippen MR) is 55.8 cm³/mol. The highest BCUT2D eigenvalue weighted by Gasteiger charge is 2.25. The summed E-state index contributed by atoms with van der Waals surface area (Å²) in [6.45, 7) is 4.55. The molecule has 1 saturated carbocycles. The Balaban J connectivity index is 2.21. The zero-order valence-electron chi connectivity index (χ0n) is 8.51. The third-order valence-corrected chi connectivity index (χ3v) is 2.61. The summed E-state index contributed by atoms with van der Waals surface area (Å²) in [5.74, 6) is 1.61. The van der Waals surface area contributed by atoms with Crippen LogP contribution in [0.25, 0.3) is 0 Å². The first-order valence-corrected chi connectivity index (χ1v) is 5.27. The van der Waals surface area contributed by atoms with Crippen LogP contribution in [0, 0.1) is 12.0 Å². The Morgan fingerprint density at radius 2 is 2.23 bits per heavy atom. The van der Waals surface area contributed by atoms with Crippen LogP contribution in [0.15, 0.2) is 18.2 Å². The summed E-state index contributed by atoms with van der Waals surface area (Å²) in [7, 11) is 0. The maximum absolute atomic E-state index is 3.39. The molecule has 0 N–H and O–H groups in total. The Kier molecular flexibility index (Phi) is 2.39. The van der Waals surface area contributed by atoms with E-state index < -0.39 is 0 Å². The zero-order valence-corrected chi connectivity index (χ0v) is 8.51. The smallest absolute Gasteiger partial charge is 0.0146 e. The van der Waals surface area contributed by atoms with Gasteiger partial charge in [-0.1, -0.05) is 32.0 Å². The van der Waals surface area contributed by atoms with E-state index >= 15 is 0 Å². The molecule has 0 unspecified atom stereocenters. The van der Waals surface area contributed by atoms with Crippen molar-refractivity contribution in [2.24, 2.45) is 5.92 Å². The van der Waals surface area contributed by atoms with E-state index in [9.17, 15) is 0 Å². The molecule has 0 aliphatic heterocycles. The van der Waals surface area contributed by atoms with Gasteiger partial charge in [0.1, 0.15) is 0 Å². The van der Waals surface area contributed by atoms with E-state index in [-0.39, 0.29) is 0 Å². The van der Waals surface area contributed by atoms with E-state index in [1.54, 1.807) is 5.56 Å². The van der Waals surface area contributed by atoms with E-state index in [2.05, 4.69) is 32.0 Å². The average molecular weight is 173 g/mol. The normalized spacial score (nSPS) is 16.5. The number of hydrogen-bond donors (Lipinski definition) is 0. The van der Waals surface area contributed by atoms with Crippen molar-refractivity contribution in [3.05, 3.63) is 35.4 Å². The molecule has 1 aromatic carbocycles. The van der Waals surface area contributed by atoms with Gasteiger partial charge in [0.25, 0.3) is 0 Å². The summed E-state index contributed by atoms with van der Waals surface area (Å²) in [5, 5.41) is 0. The molecule has 69 valence electrons. The first-order valence-electron chi connectivity index (χ1n) is 5.27. The summed E-state index contributed by atoms with van der Waals surface area (Å²) in [5.41, 5.74) is 3.02. The van der Waals surface area contributed by atoms with Gasteiger partial charge in [-0.3, -0.25) is 0 Å². The second-order valence-corrected chi connectivity index (χ2v) is 4.48. The topological polar surface area (TPSA) is 0 Å². The van der Waals surface area contributed by atoms with Gasteiger partial charge in [0, 0.05) is 0 Å². The minimum absolute atomic E-state index is 0.746. The summed E-state index contributed by atoms with van der Waals surface area (Å²) >= 11 is 0. The lowest BCUT2D eigenvalue weighted by atomic mass is 9.96. The number of hydrogen-bond acceptors (Lipinski definition) is 0. The molecule has 0 amide bonds. The zero-order chi connectivity index (χ0) is 9.26. The van der Waals surface area contributed by atoms with Crippen molar-refractivity contribution in [3.63, 3.8) is 0 Å². The van der Waals surface area contributed by atoms with Crippen LogP contribution in [0.3, 0.4) is 0 Å². The van der Waals surface area contributed by atoms with Crippen LogP contribution in [-0.2, 0) is 6.42 Å². The van der Waals surface area contributed by atoms with Crippen molar-refractivity contribution in [1.29, 1.82) is 0 Å². The first-order chi connectivity index (χ1) is 6.27. The summed E-state index contributed by atoms with van der Waals surface area (Å²) in [4.78, 5) is 0. The SMILES string of the molecule is CC(C)Cc1[c]cccc1C1CC1. The summed E-state index contributed by atoms with van der Waals surface area (Å²) < 4.78 is 0. The van der Waals surface area contributed by atoms with Crippen LogP contribution in [-0.4, -0.2) is 0 Å². The third-order valence-electron chi connectivity index (χ3n) is 2.61. The molecule has 0 aromatic heterocycles. The molecule has 1 aliphatic carbocycles. The van der Waals surface area contributed by atoms with Gasteiger partial charge in [0.2, 0.25) is 0 Å². The van der Waals surface area contributed by atoms with Gasteiger partial charge < -0.3 is 0 Å². The van der Waals surface area contributed by atoms with Gasteiger partial charge in [0.15, 0.2) is 0 Å². The lowest BCUT2D eigenvalue weighted by molar-refractivity contribution is 0.642. The van der Waals surface area contributed by atoms with Crippen molar-refractivity contribution < 1.29 is 0 Å². The van der Waals surface area contributed by atoms with Gasteiger partial charge in [-0.05, 0) is 48.3 Å². The highest BCUT2D eigenvalue weighted by Crippen LogP contribution is 2.41.